The summed E-state index contributed by atoms with van der Waals surface area (Å²) < 4.78 is 16.8. The normalized spacial score (nSPS) is 16.8. The number of aromatic nitrogens is 2. The summed E-state index contributed by atoms with van der Waals surface area (Å²) in [6.45, 7) is 0.224. The van der Waals surface area contributed by atoms with Gasteiger partial charge in [0.2, 0.25) is 0 Å². The fourth-order valence-electron chi connectivity index (χ4n) is 4.01. The number of hydrogen-bond acceptors (Lipinski definition) is 5. The maximum atomic E-state index is 14.9. The molecule has 0 bridgehead atoms. The largest absolute Gasteiger partial charge is 0.308 e. The number of hydrogen-bond donors (Lipinski definition) is 0. The Kier molecular flexibility index (Phi) is 4.16. The van der Waals surface area contributed by atoms with E-state index in [2.05, 4.69) is 4.98 Å². The molecule has 0 spiro atoms. The average molecular weight is 409 g/mol. The molecular formula is C21H16FN3O3S. The number of anilines is 1. The first-order chi connectivity index (χ1) is 14.0. The molecule has 1 aromatic carbocycles. The summed E-state index contributed by atoms with van der Waals surface area (Å²) in [5, 5.41) is 0. The summed E-state index contributed by atoms with van der Waals surface area (Å²) in [5.41, 5.74) is 2.06. The lowest BCUT2D eigenvalue weighted by atomic mass is 9.93. The fraction of sp³-hybridized carbons (Fsp3) is 0.238. The summed E-state index contributed by atoms with van der Waals surface area (Å²) in [5.74, 6) is -1.58. The number of amides is 2. The van der Waals surface area contributed by atoms with E-state index in [4.69, 9.17) is 0 Å². The Morgan fingerprint density at radius 3 is 2.41 bits per heavy atom. The van der Waals surface area contributed by atoms with Gasteiger partial charge in [0, 0.05) is 17.3 Å². The first kappa shape index (κ1) is 17.9. The van der Waals surface area contributed by atoms with Gasteiger partial charge in [0.25, 0.3) is 11.8 Å². The molecule has 29 heavy (non-hydrogen) atoms. The van der Waals surface area contributed by atoms with E-state index in [1.54, 1.807) is 18.3 Å². The predicted molar refractivity (Wildman–Crippen MR) is 107 cm³/mol. The molecule has 0 saturated carbocycles. The second-order valence-corrected chi connectivity index (χ2v) is 8.15. The highest BCUT2D eigenvalue weighted by molar-refractivity contribution is 7.16. The van der Waals surface area contributed by atoms with Crippen LogP contribution in [0.5, 0.6) is 0 Å². The van der Waals surface area contributed by atoms with Gasteiger partial charge in [-0.25, -0.2) is 9.29 Å². The number of imide groups is 1. The molecule has 1 aliphatic heterocycles. The number of nitrogens with zero attached hydrogens (tertiary/aromatic N) is 3. The van der Waals surface area contributed by atoms with E-state index in [1.165, 1.54) is 16.7 Å². The van der Waals surface area contributed by atoms with Crippen molar-refractivity contribution in [2.45, 2.75) is 32.2 Å². The molecule has 0 radical (unpaired) electrons. The summed E-state index contributed by atoms with van der Waals surface area (Å²) in [6, 6.07) is 8.06. The first-order valence-electron chi connectivity index (χ1n) is 9.38. The fourth-order valence-corrected chi connectivity index (χ4v) is 4.90. The van der Waals surface area contributed by atoms with Crippen LogP contribution in [0.1, 0.15) is 31.4 Å². The van der Waals surface area contributed by atoms with Gasteiger partial charge in [-0.2, -0.15) is 0 Å². The van der Waals surface area contributed by atoms with Gasteiger partial charge in [0.05, 0.1) is 28.1 Å². The Bertz CT molecular complexity index is 1230. The van der Waals surface area contributed by atoms with Crippen molar-refractivity contribution < 1.29 is 14.0 Å². The van der Waals surface area contributed by atoms with Gasteiger partial charge in [0.1, 0.15) is 5.82 Å². The molecule has 2 aliphatic rings. The van der Waals surface area contributed by atoms with E-state index < -0.39 is 17.6 Å². The van der Waals surface area contributed by atoms with Gasteiger partial charge >= 0.3 is 4.87 Å². The molecule has 146 valence electrons. The number of benzene rings is 1. The summed E-state index contributed by atoms with van der Waals surface area (Å²) in [4.78, 5) is 43.1. The quantitative estimate of drug-likeness (QED) is 0.622. The smallest absolute Gasteiger partial charge is 0.293 e. The lowest BCUT2D eigenvalue weighted by Gasteiger charge is -2.16. The average Bonchev–Trinajstić information content (AvgIpc) is 3.16. The monoisotopic (exact) mass is 409 g/mol. The lowest BCUT2D eigenvalue weighted by Crippen LogP contribution is -2.32. The lowest BCUT2D eigenvalue weighted by molar-refractivity contribution is -0.120. The Balaban J connectivity index is 1.61. The van der Waals surface area contributed by atoms with E-state index in [0.717, 1.165) is 29.1 Å². The number of rotatable bonds is 3. The minimum Gasteiger partial charge on any atom is -0.293 e. The molecule has 1 aliphatic carbocycles. The van der Waals surface area contributed by atoms with Crippen molar-refractivity contribution in [2.75, 3.05) is 4.90 Å². The number of fused-ring (bicyclic) bond motifs is 1. The number of thiazole rings is 1. The van der Waals surface area contributed by atoms with Crippen LogP contribution in [0.2, 0.25) is 0 Å². The van der Waals surface area contributed by atoms with E-state index in [-0.39, 0.29) is 17.1 Å². The minimum atomic E-state index is -0.690. The van der Waals surface area contributed by atoms with Gasteiger partial charge < -0.3 is 0 Å². The van der Waals surface area contributed by atoms with Gasteiger partial charge in [-0.1, -0.05) is 17.4 Å². The number of pyridine rings is 1. The Morgan fingerprint density at radius 2 is 1.76 bits per heavy atom. The Morgan fingerprint density at radius 1 is 1.03 bits per heavy atom. The topological polar surface area (TPSA) is 72.3 Å². The predicted octanol–water partition coefficient (Wildman–Crippen LogP) is 3.39. The minimum absolute atomic E-state index is 0.102. The summed E-state index contributed by atoms with van der Waals surface area (Å²) in [7, 11) is 0. The molecule has 6 nitrogen and oxygen atoms in total. The van der Waals surface area contributed by atoms with Crippen LogP contribution in [0.25, 0.3) is 10.2 Å². The molecule has 0 fully saturated rings. The zero-order valence-electron chi connectivity index (χ0n) is 15.4. The standard InChI is InChI=1S/C21H16FN3O3S/c22-15-9-18-17(24(21(28)29-18)11-12-5-3-4-8-23-12)10-16(15)25-19(26)13-6-1-2-7-14(13)20(25)27/h3-5,8-10H,1-2,6-7,11H2. The van der Waals surface area contributed by atoms with Gasteiger partial charge in [0.15, 0.2) is 0 Å². The highest BCUT2D eigenvalue weighted by Gasteiger charge is 2.41. The van der Waals surface area contributed by atoms with Crippen molar-refractivity contribution in [1.82, 2.24) is 9.55 Å². The highest BCUT2D eigenvalue weighted by Crippen LogP contribution is 2.38. The molecule has 0 N–H and O–H groups in total. The zero-order valence-corrected chi connectivity index (χ0v) is 16.2. The van der Waals surface area contributed by atoms with Crippen LogP contribution >= 0.6 is 11.3 Å². The summed E-state index contributed by atoms with van der Waals surface area (Å²) in [6.07, 6.45) is 4.42. The van der Waals surface area contributed by atoms with Crippen molar-refractivity contribution in [2.24, 2.45) is 0 Å². The van der Waals surface area contributed by atoms with Crippen molar-refractivity contribution in [3.63, 3.8) is 0 Å². The SMILES string of the molecule is O=C1C2=C(CCCC2)C(=O)N1c1cc2c(cc1F)sc(=O)n2Cc1ccccn1. The van der Waals surface area contributed by atoms with Crippen LogP contribution in [0.4, 0.5) is 10.1 Å². The second kappa shape index (κ2) is 6.73. The van der Waals surface area contributed by atoms with Crippen LogP contribution in [0.3, 0.4) is 0 Å². The molecule has 2 aromatic heterocycles. The Hall–Kier alpha value is -3.13. The third kappa shape index (κ3) is 2.82. The van der Waals surface area contributed by atoms with Crippen molar-refractivity contribution in [3.8, 4) is 0 Å². The molecule has 0 unspecified atom stereocenters. The number of carbonyl (C=O) groups is 2. The highest BCUT2D eigenvalue weighted by atomic mass is 32.1. The molecule has 3 aromatic rings. The zero-order chi connectivity index (χ0) is 20.1. The van der Waals surface area contributed by atoms with Gasteiger partial charge in [-0.15, -0.1) is 0 Å². The third-order valence-electron chi connectivity index (χ3n) is 5.41. The van der Waals surface area contributed by atoms with Crippen molar-refractivity contribution in [1.29, 1.82) is 0 Å². The van der Waals surface area contributed by atoms with Crippen LogP contribution in [-0.2, 0) is 16.1 Å². The number of halogens is 1. The van der Waals surface area contributed by atoms with Crippen LogP contribution in [0.15, 0.2) is 52.5 Å². The maximum Gasteiger partial charge on any atom is 0.308 e. The van der Waals surface area contributed by atoms with E-state index >= 15 is 0 Å². The van der Waals surface area contributed by atoms with Crippen LogP contribution < -0.4 is 9.77 Å². The molecule has 5 rings (SSSR count). The molecule has 0 saturated heterocycles. The third-order valence-corrected chi connectivity index (χ3v) is 6.36. The van der Waals surface area contributed by atoms with Crippen molar-refractivity contribution >= 4 is 39.1 Å². The van der Waals surface area contributed by atoms with E-state index in [1.807, 2.05) is 6.07 Å². The maximum absolute atomic E-state index is 14.9. The summed E-state index contributed by atoms with van der Waals surface area (Å²) >= 11 is 0.926. The van der Waals surface area contributed by atoms with E-state index in [0.29, 0.717) is 39.9 Å². The van der Waals surface area contributed by atoms with Gasteiger partial charge in [-0.3, -0.25) is 23.9 Å². The molecule has 3 heterocycles. The number of carbonyl (C=O) groups excluding carboxylic acids is 2. The van der Waals surface area contributed by atoms with E-state index in [9.17, 15) is 18.8 Å². The van der Waals surface area contributed by atoms with Crippen molar-refractivity contribution in [3.05, 3.63) is 68.9 Å². The molecule has 0 atom stereocenters. The van der Waals surface area contributed by atoms with Crippen LogP contribution in [-0.4, -0.2) is 21.4 Å². The molecule has 8 heteroatoms. The van der Waals surface area contributed by atoms with Crippen LogP contribution in [0, 0.1) is 5.82 Å². The Labute approximate surface area is 168 Å². The van der Waals surface area contributed by atoms with Gasteiger partial charge in [-0.05, 0) is 49.9 Å². The molecular weight excluding hydrogens is 393 g/mol. The second-order valence-electron chi connectivity index (χ2n) is 7.16. The first-order valence-corrected chi connectivity index (χ1v) is 10.2. The molecule has 2 amide bonds.